The Bertz CT molecular complexity index is 372. The van der Waals surface area contributed by atoms with E-state index in [2.05, 4.69) is 13.2 Å². The molecule has 0 N–H and O–H groups in total. The lowest BCUT2D eigenvalue weighted by Gasteiger charge is -1.99. The molecule has 0 bridgehead atoms. The lowest BCUT2D eigenvalue weighted by molar-refractivity contribution is 0.103. The van der Waals surface area contributed by atoms with Gasteiger partial charge in [-0.2, -0.15) is 0 Å². The highest BCUT2D eigenvalue weighted by atomic mass is 16.1. The number of hydrogen-bond acceptors (Lipinski definition) is 1. The fourth-order valence-corrected chi connectivity index (χ4v) is 1.12. The second kappa shape index (κ2) is 27.5. The molecule has 0 heterocycles. The monoisotopic (exact) mass is 304 g/mol. The molecule has 0 aliphatic heterocycles. The van der Waals surface area contributed by atoms with E-state index in [0.29, 0.717) is 11.1 Å². The molecule has 0 aliphatic carbocycles. The minimum Gasteiger partial charge on any atom is -0.289 e. The van der Waals surface area contributed by atoms with Crippen molar-refractivity contribution in [2.75, 3.05) is 0 Å². The van der Waals surface area contributed by atoms with Crippen LogP contribution in [0, 0.1) is 0 Å². The Morgan fingerprint density at radius 1 is 0.818 bits per heavy atom. The summed E-state index contributed by atoms with van der Waals surface area (Å²) in [4.78, 5) is 11.8. The van der Waals surface area contributed by atoms with Crippen LogP contribution >= 0.6 is 0 Å². The number of ketones is 1. The van der Waals surface area contributed by atoms with Gasteiger partial charge in [0.1, 0.15) is 0 Å². The normalized spacial score (nSPS) is 7.91. The molecule has 0 radical (unpaired) electrons. The van der Waals surface area contributed by atoms with Crippen LogP contribution in [0.5, 0.6) is 0 Å². The summed E-state index contributed by atoms with van der Waals surface area (Å²) in [6, 6.07) is 9.11. The van der Waals surface area contributed by atoms with E-state index >= 15 is 0 Å². The molecular formula is C21H36O. The predicted octanol–water partition coefficient (Wildman–Crippen LogP) is 7.27. The van der Waals surface area contributed by atoms with Gasteiger partial charge in [0.2, 0.25) is 0 Å². The molecule has 1 heteroatoms. The van der Waals surface area contributed by atoms with Crippen molar-refractivity contribution in [2.24, 2.45) is 0 Å². The van der Waals surface area contributed by atoms with Crippen LogP contribution < -0.4 is 0 Å². The maximum atomic E-state index is 11.8. The maximum Gasteiger partial charge on any atom is 0.192 e. The molecule has 1 nitrogen and oxygen atoms in total. The summed E-state index contributed by atoms with van der Waals surface area (Å²) in [5.41, 5.74) is 1.23. The quantitative estimate of drug-likeness (QED) is 0.324. The molecule has 0 aromatic heterocycles. The third kappa shape index (κ3) is 14.5. The Morgan fingerprint density at radius 2 is 1.23 bits per heavy atom. The first-order valence-corrected chi connectivity index (χ1v) is 8.34. The summed E-state index contributed by atoms with van der Waals surface area (Å²) in [7, 11) is 0. The molecule has 0 spiro atoms. The highest BCUT2D eigenvalue weighted by Gasteiger charge is 2.06. The van der Waals surface area contributed by atoms with Crippen molar-refractivity contribution in [1.82, 2.24) is 0 Å². The van der Waals surface area contributed by atoms with Crippen LogP contribution in [0.2, 0.25) is 0 Å². The SMILES string of the molecule is C=C/C=C(\C=C)C(=O)c1ccccc1.CC.CC.CC.CC. The first-order chi connectivity index (χ1) is 10.8. The second-order valence-electron chi connectivity index (χ2n) is 2.76. The van der Waals surface area contributed by atoms with Gasteiger partial charge in [0.15, 0.2) is 5.78 Å². The summed E-state index contributed by atoms with van der Waals surface area (Å²) in [5, 5.41) is 0. The van der Waals surface area contributed by atoms with Gasteiger partial charge in [0.05, 0.1) is 0 Å². The van der Waals surface area contributed by atoms with Gasteiger partial charge in [-0.15, -0.1) is 0 Å². The van der Waals surface area contributed by atoms with Crippen LogP contribution in [-0.2, 0) is 0 Å². The average Bonchev–Trinajstić information content (AvgIpc) is 2.66. The van der Waals surface area contributed by atoms with E-state index in [9.17, 15) is 4.79 Å². The van der Waals surface area contributed by atoms with E-state index in [1.165, 1.54) is 6.08 Å². The molecular weight excluding hydrogens is 268 g/mol. The van der Waals surface area contributed by atoms with Crippen molar-refractivity contribution >= 4 is 5.78 Å². The van der Waals surface area contributed by atoms with Crippen LogP contribution in [0.25, 0.3) is 0 Å². The first-order valence-electron chi connectivity index (χ1n) is 8.34. The molecule has 0 saturated heterocycles. The summed E-state index contributed by atoms with van der Waals surface area (Å²) in [6.07, 6.45) is 4.78. The molecule has 0 unspecified atom stereocenters. The average molecular weight is 305 g/mol. The first kappa shape index (κ1) is 28.3. The zero-order valence-corrected chi connectivity index (χ0v) is 15.9. The molecule has 0 saturated carbocycles. The second-order valence-corrected chi connectivity index (χ2v) is 2.76. The Kier molecular flexibility index (Phi) is 35.3. The number of allylic oxidation sites excluding steroid dienone is 4. The molecule has 1 aromatic rings. The predicted molar refractivity (Wildman–Crippen MR) is 105 cm³/mol. The number of Topliss-reactive ketones (excluding diaryl/α,β-unsaturated/α-hetero) is 1. The fraction of sp³-hybridized carbons (Fsp3) is 0.381. The zero-order chi connectivity index (χ0) is 18.4. The van der Waals surface area contributed by atoms with Crippen molar-refractivity contribution in [2.45, 2.75) is 55.4 Å². The van der Waals surface area contributed by atoms with Crippen LogP contribution in [0.4, 0.5) is 0 Å². The van der Waals surface area contributed by atoms with E-state index < -0.39 is 0 Å². The van der Waals surface area contributed by atoms with E-state index in [1.807, 2.05) is 73.6 Å². The molecule has 0 atom stereocenters. The highest BCUT2D eigenvalue weighted by Crippen LogP contribution is 2.08. The highest BCUT2D eigenvalue weighted by molar-refractivity contribution is 6.10. The van der Waals surface area contributed by atoms with Gasteiger partial charge in [-0.1, -0.05) is 117 Å². The van der Waals surface area contributed by atoms with Gasteiger partial charge in [0, 0.05) is 11.1 Å². The standard InChI is InChI=1S/C13H12O.4C2H6/c1-3-8-11(4-2)13(14)12-9-6-5-7-10-12;4*1-2/h3-10H,1-2H2;4*1-2H3/b11-8+;;;;. The van der Waals surface area contributed by atoms with Crippen LogP contribution in [-0.4, -0.2) is 5.78 Å². The van der Waals surface area contributed by atoms with Gasteiger partial charge in [0.25, 0.3) is 0 Å². The Balaban J connectivity index is -0.000000175. The summed E-state index contributed by atoms with van der Waals surface area (Å²) < 4.78 is 0. The van der Waals surface area contributed by atoms with Gasteiger partial charge in [-0.3, -0.25) is 4.79 Å². The minimum absolute atomic E-state index is 0.0273. The zero-order valence-electron chi connectivity index (χ0n) is 15.9. The number of carbonyl (C=O) groups excluding carboxylic acids is 1. The molecule has 1 aromatic carbocycles. The molecule has 1 rings (SSSR count). The van der Waals surface area contributed by atoms with E-state index in [4.69, 9.17) is 0 Å². The molecule has 126 valence electrons. The number of benzene rings is 1. The third-order valence-corrected chi connectivity index (χ3v) is 1.82. The molecule has 0 amide bonds. The number of hydrogen-bond donors (Lipinski definition) is 0. The summed E-state index contributed by atoms with van der Waals surface area (Å²) in [6.45, 7) is 23.1. The number of rotatable bonds is 4. The van der Waals surface area contributed by atoms with Crippen molar-refractivity contribution in [1.29, 1.82) is 0 Å². The Labute approximate surface area is 139 Å². The van der Waals surface area contributed by atoms with Crippen molar-refractivity contribution in [3.05, 3.63) is 72.9 Å². The van der Waals surface area contributed by atoms with Crippen LogP contribution in [0.15, 0.2) is 67.3 Å². The lowest BCUT2D eigenvalue weighted by Crippen LogP contribution is -2.00. The van der Waals surface area contributed by atoms with Gasteiger partial charge in [-0.05, 0) is 0 Å². The molecule has 22 heavy (non-hydrogen) atoms. The third-order valence-electron chi connectivity index (χ3n) is 1.82. The van der Waals surface area contributed by atoms with Crippen LogP contribution in [0.1, 0.15) is 65.7 Å². The topological polar surface area (TPSA) is 17.1 Å². The summed E-state index contributed by atoms with van der Waals surface area (Å²) in [5.74, 6) is -0.0273. The van der Waals surface area contributed by atoms with Gasteiger partial charge < -0.3 is 0 Å². The Hall–Kier alpha value is -1.89. The van der Waals surface area contributed by atoms with Gasteiger partial charge in [-0.25, -0.2) is 0 Å². The molecule has 0 fully saturated rings. The van der Waals surface area contributed by atoms with Crippen molar-refractivity contribution < 1.29 is 4.79 Å². The van der Waals surface area contributed by atoms with E-state index in [-0.39, 0.29) is 5.78 Å². The minimum atomic E-state index is -0.0273. The summed E-state index contributed by atoms with van der Waals surface area (Å²) >= 11 is 0. The number of carbonyl (C=O) groups is 1. The largest absolute Gasteiger partial charge is 0.289 e. The Morgan fingerprint density at radius 3 is 1.55 bits per heavy atom. The van der Waals surface area contributed by atoms with Crippen molar-refractivity contribution in [3.63, 3.8) is 0 Å². The van der Waals surface area contributed by atoms with Crippen LogP contribution in [0.3, 0.4) is 0 Å². The van der Waals surface area contributed by atoms with E-state index in [0.717, 1.165) is 0 Å². The fourth-order valence-electron chi connectivity index (χ4n) is 1.12. The maximum absolute atomic E-state index is 11.8. The van der Waals surface area contributed by atoms with Gasteiger partial charge >= 0.3 is 0 Å². The lowest BCUT2D eigenvalue weighted by atomic mass is 10.0. The van der Waals surface area contributed by atoms with Crippen molar-refractivity contribution in [3.8, 4) is 0 Å². The van der Waals surface area contributed by atoms with E-state index in [1.54, 1.807) is 24.3 Å². The smallest absolute Gasteiger partial charge is 0.192 e. The molecule has 0 aliphatic rings.